The van der Waals surface area contributed by atoms with Gasteiger partial charge in [-0.1, -0.05) is 12.1 Å². The summed E-state index contributed by atoms with van der Waals surface area (Å²) in [6.45, 7) is 5.73. The van der Waals surface area contributed by atoms with E-state index in [0.717, 1.165) is 90.8 Å². The third-order valence-electron chi connectivity index (χ3n) is 13.0. The summed E-state index contributed by atoms with van der Waals surface area (Å²) in [5, 5.41) is 52.3. The summed E-state index contributed by atoms with van der Waals surface area (Å²) in [6, 6.07) is 15.5. The van der Waals surface area contributed by atoms with Gasteiger partial charge in [0.25, 0.3) is 11.8 Å². The molecule has 6 N–H and O–H groups in total. The van der Waals surface area contributed by atoms with Gasteiger partial charge in [-0.3, -0.25) is 19.6 Å². The summed E-state index contributed by atoms with van der Waals surface area (Å²) in [4.78, 5) is 33.0. The number of rotatable bonds is 12. The number of hydrogen-bond donors (Lipinski definition) is 6. The minimum absolute atomic E-state index is 0.0149. The fraction of sp³-hybridized carbons (Fsp3) is 0.400. The molecule has 0 bridgehead atoms. The Labute approximate surface area is 382 Å². The van der Waals surface area contributed by atoms with Gasteiger partial charge in [0, 0.05) is 69.7 Å². The molecule has 1 spiro atoms. The molecule has 66 heavy (non-hydrogen) atoms. The van der Waals surface area contributed by atoms with Crippen LogP contribution in [-0.4, -0.2) is 112 Å². The highest BCUT2D eigenvalue weighted by Crippen LogP contribution is 2.46. The van der Waals surface area contributed by atoms with Gasteiger partial charge >= 0.3 is 0 Å². The zero-order valence-corrected chi connectivity index (χ0v) is 37.1. The van der Waals surface area contributed by atoms with E-state index in [1.165, 1.54) is 6.20 Å². The molecule has 16 heteroatoms. The molecule has 4 aromatic heterocycles. The lowest BCUT2D eigenvalue weighted by atomic mass is 9.65. The van der Waals surface area contributed by atoms with E-state index in [4.69, 9.17) is 14.6 Å². The van der Waals surface area contributed by atoms with E-state index in [9.17, 15) is 24.9 Å². The van der Waals surface area contributed by atoms with Gasteiger partial charge < -0.3 is 40.5 Å². The van der Waals surface area contributed by atoms with Crippen LogP contribution in [-0.2, 0) is 4.74 Å². The quantitative estimate of drug-likeness (QED) is 0.0879. The van der Waals surface area contributed by atoms with Crippen LogP contribution in [0.3, 0.4) is 0 Å². The molecule has 6 aromatic rings. The van der Waals surface area contributed by atoms with E-state index in [-0.39, 0.29) is 43.0 Å². The summed E-state index contributed by atoms with van der Waals surface area (Å²) in [5.41, 5.74) is 8.61. The smallest absolute Gasteiger partial charge is 0.251 e. The molecule has 1 saturated heterocycles. The Morgan fingerprint density at radius 3 is 1.67 bits per heavy atom. The summed E-state index contributed by atoms with van der Waals surface area (Å²) in [5.74, 6) is 0.634. The number of nitrogens with zero attached hydrogens (tertiary/aromatic N) is 6. The van der Waals surface area contributed by atoms with E-state index in [0.29, 0.717) is 52.9 Å². The van der Waals surface area contributed by atoms with Crippen molar-refractivity contribution in [1.29, 1.82) is 0 Å². The Bertz CT molecular complexity index is 2680. The number of aliphatic hydroxyl groups is 3. The van der Waals surface area contributed by atoms with Crippen molar-refractivity contribution in [2.45, 2.75) is 89.5 Å². The van der Waals surface area contributed by atoms with Crippen molar-refractivity contribution in [3.63, 3.8) is 0 Å². The van der Waals surface area contributed by atoms with Crippen molar-refractivity contribution in [3.8, 4) is 45.1 Å². The number of aliphatic hydroxyl groups excluding tert-OH is 3. The second kappa shape index (κ2) is 18.8. The van der Waals surface area contributed by atoms with Crippen LogP contribution in [0.25, 0.3) is 33.6 Å². The van der Waals surface area contributed by atoms with E-state index < -0.39 is 5.41 Å². The summed E-state index contributed by atoms with van der Waals surface area (Å²) in [6.07, 6.45) is 21.0. The molecule has 5 fully saturated rings. The number of carbonyl (C=O) groups is 2. The lowest BCUT2D eigenvalue weighted by Crippen LogP contribution is -2.54. The molecule has 344 valence electrons. The monoisotopic (exact) mass is 896 g/mol. The topological polar surface area (TPSA) is 219 Å². The maximum atomic E-state index is 12.5. The second-order valence-electron chi connectivity index (χ2n) is 18.7. The zero-order valence-electron chi connectivity index (χ0n) is 37.1. The van der Waals surface area contributed by atoms with Crippen LogP contribution in [0.2, 0.25) is 0 Å². The van der Waals surface area contributed by atoms with Gasteiger partial charge in [-0.15, -0.1) is 0 Å². The lowest BCUT2D eigenvalue weighted by molar-refractivity contribution is -0.197. The number of benzene rings is 2. The first-order valence-electron chi connectivity index (χ1n) is 22.6. The molecule has 0 unspecified atom stereocenters. The second-order valence-corrected chi connectivity index (χ2v) is 18.7. The molecule has 5 heterocycles. The zero-order chi connectivity index (χ0) is 46.0. The molecule has 16 nitrogen and oxygen atoms in total. The van der Waals surface area contributed by atoms with Crippen LogP contribution in [0.15, 0.2) is 98.1 Å². The number of ether oxygens (including phenoxy) is 2. The number of aromatic hydroxyl groups is 1. The van der Waals surface area contributed by atoms with Gasteiger partial charge in [0.1, 0.15) is 17.6 Å². The first kappa shape index (κ1) is 44.7. The third-order valence-corrected chi connectivity index (χ3v) is 13.0. The van der Waals surface area contributed by atoms with Crippen LogP contribution in [0.1, 0.15) is 83.2 Å². The Hall–Kier alpha value is -6.46. The third kappa shape index (κ3) is 10.3. The summed E-state index contributed by atoms with van der Waals surface area (Å²) < 4.78 is 14.4. The minimum Gasteiger partial charge on any atom is -0.506 e. The van der Waals surface area contributed by atoms with Gasteiger partial charge in [0.05, 0.1) is 81.1 Å². The van der Waals surface area contributed by atoms with E-state index in [1.807, 2.05) is 68.7 Å². The van der Waals surface area contributed by atoms with Gasteiger partial charge in [-0.2, -0.15) is 10.2 Å². The first-order valence-corrected chi connectivity index (χ1v) is 22.6. The van der Waals surface area contributed by atoms with Gasteiger partial charge in [0.2, 0.25) is 0 Å². The molecule has 11 rings (SSSR count). The van der Waals surface area contributed by atoms with E-state index >= 15 is 0 Å². The molecule has 4 saturated carbocycles. The highest BCUT2D eigenvalue weighted by molar-refractivity contribution is 5.96. The number of nitrogens with one attached hydrogen (secondary N) is 2. The van der Waals surface area contributed by atoms with Gasteiger partial charge in [0.15, 0.2) is 0 Å². The molecular formula is C50H56N8O8. The molecule has 5 aliphatic rings. The average Bonchev–Trinajstić information content (AvgIpc) is 4.18. The number of amides is 2. The van der Waals surface area contributed by atoms with Crippen molar-refractivity contribution >= 4 is 11.8 Å². The highest BCUT2D eigenvalue weighted by atomic mass is 16.5. The van der Waals surface area contributed by atoms with Crippen molar-refractivity contribution in [2.75, 3.05) is 26.4 Å². The molecule has 0 radical (unpaired) electrons. The maximum absolute atomic E-state index is 12.5. The molecule has 0 atom stereocenters. The first-order chi connectivity index (χ1) is 31.9. The predicted octanol–water partition coefficient (Wildman–Crippen LogP) is 5.65. The number of aryl methyl sites for hydroxylation is 2. The average molecular weight is 897 g/mol. The fourth-order valence-corrected chi connectivity index (χ4v) is 8.54. The predicted molar refractivity (Wildman–Crippen MR) is 244 cm³/mol. The van der Waals surface area contributed by atoms with Crippen molar-refractivity contribution in [1.82, 2.24) is 40.2 Å². The van der Waals surface area contributed by atoms with Crippen molar-refractivity contribution < 1.29 is 39.5 Å². The fourth-order valence-electron chi connectivity index (χ4n) is 8.54. The Balaban J connectivity index is 0.000000145. The standard InChI is InChI=1S/C25H28N4O4.C19H18N4O2.C6H10O2/c1-16-2-3-17(24(32)28-19-4-5-19)6-23(16)18-10-27-29(13-18)20-7-21(12-26-11-20)33-22-8-25(9-22,14-30)15-31;1-12-2-3-13(19(25)22-15-4-5-15)6-18(12)14-8-21-23(11-14)16-7-17(24)10-20-9-16;7-5-1-6(2-5)3-8-4-6/h2-3,6-7,10-13,19,22,30-31H,4-5,8-9,14-15H2,1H3,(H,28,32);2-3,6-11,15,24H,4-5H2,1H3,(H,22,25);5,7H,1-4H2. The Morgan fingerprint density at radius 1 is 0.712 bits per heavy atom. The SMILES string of the molecule is Cc1ccc(C(=O)NC2CC2)cc1-c1cnn(-c2cncc(O)c2)c1.Cc1ccc(C(=O)NC2CC2)cc1-c1cnn(-c2cncc(OC3CC(CO)(CO)C3)c2)c1.OC1CC2(COC2)C1. The normalized spacial score (nSPS) is 18.8. The molecule has 2 amide bonds. The number of aromatic nitrogens is 6. The van der Waals surface area contributed by atoms with Crippen LogP contribution < -0.4 is 15.4 Å². The lowest BCUT2D eigenvalue weighted by Gasteiger charge is -2.51. The molecular weight excluding hydrogens is 841 g/mol. The van der Waals surface area contributed by atoms with Gasteiger partial charge in [-0.05, 0) is 112 Å². The van der Waals surface area contributed by atoms with E-state index in [2.05, 4.69) is 30.8 Å². The molecule has 2 aromatic carbocycles. The highest BCUT2D eigenvalue weighted by Gasteiger charge is 2.49. The number of pyridine rings is 2. The van der Waals surface area contributed by atoms with Crippen LogP contribution in [0, 0.1) is 24.7 Å². The van der Waals surface area contributed by atoms with Crippen LogP contribution in [0.4, 0.5) is 0 Å². The van der Waals surface area contributed by atoms with Crippen LogP contribution >= 0.6 is 0 Å². The minimum atomic E-state index is -0.436. The Kier molecular flexibility index (Phi) is 12.7. The summed E-state index contributed by atoms with van der Waals surface area (Å²) in [7, 11) is 0. The van der Waals surface area contributed by atoms with E-state index in [1.54, 1.807) is 46.4 Å². The molecule has 1 aliphatic heterocycles. The number of carbonyl (C=O) groups excluding carboxylic acids is 2. The maximum Gasteiger partial charge on any atom is 0.251 e. The van der Waals surface area contributed by atoms with Crippen molar-refractivity contribution in [3.05, 3.63) is 120 Å². The van der Waals surface area contributed by atoms with Crippen LogP contribution in [0.5, 0.6) is 11.5 Å². The largest absolute Gasteiger partial charge is 0.506 e. The van der Waals surface area contributed by atoms with Gasteiger partial charge in [-0.25, -0.2) is 9.36 Å². The van der Waals surface area contributed by atoms with Crippen molar-refractivity contribution in [2.24, 2.45) is 10.8 Å². The molecule has 4 aliphatic carbocycles. The Morgan fingerprint density at radius 2 is 1.23 bits per heavy atom. The number of hydrogen-bond acceptors (Lipinski definition) is 12. The summed E-state index contributed by atoms with van der Waals surface area (Å²) >= 11 is 0.